The Bertz CT molecular complexity index is 323. The highest BCUT2D eigenvalue weighted by atomic mass is 35.5. The molecule has 1 aliphatic rings. The third-order valence-corrected chi connectivity index (χ3v) is 3.68. The third kappa shape index (κ3) is 4.60. The summed E-state index contributed by atoms with van der Waals surface area (Å²) >= 11 is 5.63. The van der Waals surface area contributed by atoms with Crippen molar-refractivity contribution >= 4 is 11.6 Å². The van der Waals surface area contributed by atoms with Crippen LogP contribution in [0.1, 0.15) is 18.4 Å². The fourth-order valence-corrected chi connectivity index (χ4v) is 2.53. The molecule has 3 heteroatoms. The zero-order valence-corrected chi connectivity index (χ0v) is 11.6. The van der Waals surface area contributed by atoms with Crippen LogP contribution in [0.5, 0.6) is 0 Å². The zero-order valence-electron chi connectivity index (χ0n) is 10.9. The molecule has 0 unspecified atom stereocenters. The highest BCUT2D eigenvalue weighted by Gasteiger charge is 2.18. The Morgan fingerprint density at radius 2 is 1.89 bits per heavy atom. The molecular weight excluding hydrogens is 246 g/mol. The molecule has 1 fully saturated rings. The lowest BCUT2D eigenvalue weighted by Crippen LogP contribution is -2.38. The molecule has 100 valence electrons. The van der Waals surface area contributed by atoms with Crippen LogP contribution in [-0.2, 0) is 11.2 Å². The highest BCUT2D eigenvalue weighted by molar-refractivity contribution is 6.17. The molecule has 2 nitrogen and oxygen atoms in total. The van der Waals surface area contributed by atoms with E-state index in [9.17, 15) is 0 Å². The summed E-state index contributed by atoms with van der Waals surface area (Å²) in [5.74, 6) is 0.605. The van der Waals surface area contributed by atoms with Crippen molar-refractivity contribution < 1.29 is 4.74 Å². The van der Waals surface area contributed by atoms with Crippen molar-refractivity contribution in [2.45, 2.75) is 25.4 Å². The average molecular weight is 268 g/mol. The van der Waals surface area contributed by atoms with Crippen LogP contribution in [0.4, 0.5) is 0 Å². The van der Waals surface area contributed by atoms with Gasteiger partial charge in [-0.05, 0) is 24.8 Å². The predicted molar refractivity (Wildman–Crippen MR) is 76.3 cm³/mol. The van der Waals surface area contributed by atoms with Crippen molar-refractivity contribution in [3.63, 3.8) is 0 Å². The van der Waals surface area contributed by atoms with E-state index in [1.165, 1.54) is 5.56 Å². The number of piperidine rings is 1. The summed E-state index contributed by atoms with van der Waals surface area (Å²) in [6, 6.07) is 10.7. The summed E-state index contributed by atoms with van der Waals surface area (Å²) in [6.45, 7) is 4.15. The van der Waals surface area contributed by atoms with Crippen LogP contribution in [0.2, 0.25) is 0 Å². The molecule has 0 saturated carbocycles. The van der Waals surface area contributed by atoms with Gasteiger partial charge in [-0.2, -0.15) is 0 Å². The van der Waals surface area contributed by atoms with Crippen molar-refractivity contribution in [2.75, 3.05) is 32.1 Å². The number of benzene rings is 1. The number of nitrogens with zero attached hydrogens (tertiary/aromatic N) is 1. The van der Waals surface area contributed by atoms with Gasteiger partial charge in [0.05, 0.1) is 12.7 Å². The smallest absolute Gasteiger partial charge is 0.0605 e. The normalized spacial score (nSPS) is 18.1. The van der Waals surface area contributed by atoms with Gasteiger partial charge in [0, 0.05) is 25.5 Å². The average Bonchev–Trinajstić information content (AvgIpc) is 2.45. The van der Waals surface area contributed by atoms with Gasteiger partial charge in [0.25, 0.3) is 0 Å². The number of rotatable bonds is 6. The minimum absolute atomic E-state index is 0.428. The van der Waals surface area contributed by atoms with E-state index < -0.39 is 0 Å². The fraction of sp³-hybridized carbons (Fsp3) is 0.600. The lowest BCUT2D eigenvalue weighted by molar-refractivity contribution is 0.0155. The third-order valence-electron chi connectivity index (χ3n) is 3.52. The monoisotopic (exact) mass is 267 g/mol. The minimum Gasteiger partial charge on any atom is -0.377 e. The molecule has 0 amide bonds. The molecule has 0 N–H and O–H groups in total. The van der Waals surface area contributed by atoms with E-state index in [0.29, 0.717) is 18.6 Å². The standard InChI is InChI=1S/C15H22ClNO/c16-9-13-18-15-7-11-17(12-8-15)10-6-14-4-2-1-3-5-14/h1-5,15H,6-13H2. The molecule has 1 saturated heterocycles. The second-order valence-electron chi connectivity index (χ2n) is 4.84. The molecule has 2 rings (SSSR count). The number of likely N-dealkylation sites (tertiary alicyclic amines) is 1. The van der Waals surface area contributed by atoms with Gasteiger partial charge >= 0.3 is 0 Å². The molecule has 0 bridgehead atoms. The van der Waals surface area contributed by atoms with E-state index in [2.05, 4.69) is 35.2 Å². The Morgan fingerprint density at radius 3 is 2.56 bits per heavy atom. The highest BCUT2D eigenvalue weighted by Crippen LogP contribution is 2.14. The van der Waals surface area contributed by atoms with Crippen LogP contribution >= 0.6 is 11.6 Å². The Balaban J connectivity index is 1.65. The number of ether oxygens (including phenoxy) is 1. The molecule has 0 atom stereocenters. The van der Waals surface area contributed by atoms with Crippen LogP contribution in [0.15, 0.2) is 30.3 Å². The van der Waals surface area contributed by atoms with Crippen molar-refractivity contribution in [1.82, 2.24) is 4.90 Å². The molecular formula is C15H22ClNO. The summed E-state index contributed by atoms with van der Waals surface area (Å²) in [5, 5.41) is 0. The van der Waals surface area contributed by atoms with Gasteiger partial charge in [0.1, 0.15) is 0 Å². The first-order chi connectivity index (χ1) is 8.88. The summed E-state index contributed by atoms with van der Waals surface area (Å²) in [7, 11) is 0. The maximum absolute atomic E-state index is 5.68. The maximum atomic E-state index is 5.68. The molecule has 1 heterocycles. The van der Waals surface area contributed by atoms with Crippen molar-refractivity contribution in [3.8, 4) is 0 Å². The molecule has 0 aliphatic carbocycles. The van der Waals surface area contributed by atoms with Crippen LogP contribution in [0.25, 0.3) is 0 Å². The first-order valence-electron chi connectivity index (χ1n) is 6.82. The number of hydrogen-bond acceptors (Lipinski definition) is 2. The van der Waals surface area contributed by atoms with Gasteiger partial charge in [-0.3, -0.25) is 0 Å². The molecule has 1 aromatic rings. The molecule has 0 radical (unpaired) electrons. The molecule has 0 spiro atoms. The molecule has 1 aromatic carbocycles. The number of halogens is 1. The van der Waals surface area contributed by atoms with Crippen LogP contribution in [-0.4, -0.2) is 43.1 Å². The van der Waals surface area contributed by atoms with Crippen molar-refractivity contribution in [3.05, 3.63) is 35.9 Å². The van der Waals surface area contributed by atoms with E-state index in [1.54, 1.807) is 0 Å². The van der Waals surface area contributed by atoms with Gasteiger partial charge in [0.15, 0.2) is 0 Å². The van der Waals surface area contributed by atoms with Crippen molar-refractivity contribution in [2.24, 2.45) is 0 Å². The van der Waals surface area contributed by atoms with Crippen molar-refractivity contribution in [1.29, 1.82) is 0 Å². The lowest BCUT2D eigenvalue weighted by atomic mass is 10.1. The van der Waals surface area contributed by atoms with Gasteiger partial charge in [0.2, 0.25) is 0 Å². The number of hydrogen-bond donors (Lipinski definition) is 0. The van der Waals surface area contributed by atoms with E-state index in [-0.39, 0.29) is 0 Å². The summed E-state index contributed by atoms with van der Waals surface area (Å²) in [6.07, 6.45) is 3.86. The topological polar surface area (TPSA) is 12.5 Å². The first kappa shape index (κ1) is 13.9. The Morgan fingerprint density at radius 1 is 1.17 bits per heavy atom. The predicted octanol–water partition coefficient (Wildman–Crippen LogP) is 2.95. The van der Waals surface area contributed by atoms with E-state index in [0.717, 1.165) is 38.9 Å². The van der Waals surface area contributed by atoms with Crippen LogP contribution < -0.4 is 0 Å². The van der Waals surface area contributed by atoms with E-state index in [4.69, 9.17) is 16.3 Å². The molecule has 1 aliphatic heterocycles. The van der Waals surface area contributed by atoms with Crippen LogP contribution in [0, 0.1) is 0 Å². The quantitative estimate of drug-likeness (QED) is 0.735. The Hall–Kier alpha value is -0.570. The summed E-state index contributed by atoms with van der Waals surface area (Å²) in [4.78, 5) is 2.54. The summed E-state index contributed by atoms with van der Waals surface area (Å²) < 4.78 is 5.68. The minimum atomic E-state index is 0.428. The number of alkyl halides is 1. The second-order valence-corrected chi connectivity index (χ2v) is 5.21. The van der Waals surface area contributed by atoms with Gasteiger partial charge in [-0.1, -0.05) is 30.3 Å². The molecule has 0 aromatic heterocycles. The Kier molecular flexibility index (Phi) is 5.98. The fourth-order valence-electron chi connectivity index (χ4n) is 2.44. The second kappa shape index (κ2) is 7.78. The largest absolute Gasteiger partial charge is 0.377 e. The molecule has 18 heavy (non-hydrogen) atoms. The lowest BCUT2D eigenvalue weighted by Gasteiger charge is -2.31. The van der Waals surface area contributed by atoms with Gasteiger partial charge in [-0.15, -0.1) is 11.6 Å². The van der Waals surface area contributed by atoms with E-state index in [1.807, 2.05) is 0 Å². The first-order valence-corrected chi connectivity index (χ1v) is 7.36. The summed E-state index contributed by atoms with van der Waals surface area (Å²) in [5.41, 5.74) is 1.43. The zero-order chi connectivity index (χ0) is 12.6. The van der Waals surface area contributed by atoms with E-state index >= 15 is 0 Å². The maximum Gasteiger partial charge on any atom is 0.0605 e. The van der Waals surface area contributed by atoms with Gasteiger partial charge in [-0.25, -0.2) is 0 Å². The SMILES string of the molecule is ClCCOC1CCN(CCc2ccccc2)CC1. The van der Waals surface area contributed by atoms with Crippen LogP contribution in [0.3, 0.4) is 0 Å². The Labute approximate surface area is 115 Å². The van der Waals surface area contributed by atoms with Gasteiger partial charge < -0.3 is 9.64 Å².